The van der Waals surface area contributed by atoms with Gasteiger partial charge in [0.1, 0.15) is 35.1 Å². The van der Waals surface area contributed by atoms with Gasteiger partial charge in [0.15, 0.2) is 0 Å². The van der Waals surface area contributed by atoms with Crippen molar-refractivity contribution in [3.63, 3.8) is 0 Å². The third-order valence-electron chi connectivity index (χ3n) is 7.86. The van der Waals surface area contributed by atoms with Gasteiger partial charge in [-0.05, 0) is 73.0 Å². The molecule has 0 aliphatic carbocycles. The summed E-state index contributed by atoms with van der Waals surface area (Å²) >= 11 is 0. The lowest BCUT2D eigenvalue weighted by atomic mass is 9.91. The maximum atomic E-state index is 14.8. The summed E-state index contributed by atoms with van der Waals surface area (Å²) < 4.78 is 14.8. The number of nitriles is 2. The van der Waals surface area contributed by atoms with Crippen molar-refractivity contribution in [1.29, 1.82) is 10.5 Å². The number of anilines is 2. The molecule has 0 saturated carbocycles. The minimum absolute atomic E-state index is 0.0486. The molecule has 1 amide bonds. The molecule has 2 heterocycles. The molecule has 3 aromatic carbocycles. The lowest BCUT2D eigenvalue weighted by molar-refractivity contribution is 0.0706. The summed E-state index contributed by atoms with van der Waals surface area (Å²) in [5, 5.41) is 45.9. The van der Waals surface area contributed by atoms with Crippen molar-refractivity contribution in [2.24, 2.45) is 0 Å². The second-order valence-corrected chi connectivity index (χ2v) is 10.4. The van der Waals surface area contributed by atoms with Crippen molar-refractivity contribution in [2.75, 3.05) is 30.4 Å². The topological polar surface area (TPSA) is 157 Å². The van der Waals surface area contributed by atoms with E-state index >= 15 is 0 Å². The first-order valence-electron chi connectivity index (χ1n) is 14.0. The van der Waals surface area contributed by atoms with Crippen molar-refractivity contribution in [2.45, 2.75) is 25.4 Å². The first-order chi connectivity index (χ1) is 21.4. The Hall–Kier alpha value is -5.49. The van der Waals surface area contributed by atoms with Crippen LogP contribution in [-0.2, 0) is 6.54 Å². The zero-order chi connectivity index (χ0) is 31.2. The van der Waals surface area contributed by atoms with Gasteiger partial charge in [-0.3, -0.25) is 10.0 Å². The number of benzene rings is 3. The van der Waals surface area contributed by atoms with E-state index in [9.17, 15) is 24.8 Å². The van der Waals surface area contributed by atoms with Crippen molar-refractivity contribution < 1.29 is 19.5 Å². The summed E-state index contributed by atoms with van der Waals surface area (Å²) in [5.41, 5.74) is 5.35. The van der Waals surface area contributed by atoms with Gasteiger partial charge in [0.05, 0.1) is 11.3 Å². The Bertz CT molecular complexity index is 1770. The molecular formula is C33H30FN7O3. The Morgan fingerprint density at radius 1 is 1.05 bits per heavy atom. The molecule has 0 atom stereocenters. The van der Waals surface area contributed by atoms with E-state index < -0.39 is 11.7 Å². The second-order valence-electron chi connectivity index (χ2n) is 10.4. The summed E-state index contributed by atoms with van der Waals surface area (Å²) in [7, 11) is 1.93. The fourth-order valence-corrected chi connectivity index (χ4v) is 5.39. The Labute approximate surface area is 254 Å². The number of rotatable bonds is 8. The highest BCUT2D eigenvalue weighted by molar-refractivity contribution is 5.93. The van der Waals surface area contributed by atoms with Gasteiger partial charge in [0.2, 0.25) is 0 Å². The fraction of sp³-hybridized carbons (Fsp3) is 0.212. The molecule has 0 radical (unpaired) electrons. The first-order valence-corrected chi connectivity index (χ1v) is 14.0. The number of hydrogen-bond acceptors (Lipinski definition) is 9. The number of aromatic hydroxyl groups is 1. The Kier molecular flexibility index (Phi) is 9.01. The molecule has 44 heavy (non-hydrogen) atoms. The van der Waals surface area contributed by atoms with Gasteiger partial charge >= 0.3 is 0 Å². The maximum Gasteiger partial charge on any atom is 0.274 e. The number of phenolic OH excluding ortho intramolecular Hbond substituents is 1. The van der Waals surface area contributed by atoms with Crippen molar-refractivity contribution >= 4 is 17.4 Å². The minimum Gasteiger partial charge on any atom is -0.506 e. The third kappa shape index (κ3) is 6.15. The third-order valence-corrected chi connectivity index (χ3v) is 7.86. The van der Waals surface area contributed by atoms with E-state index in [-0.39, 0.29) is 16.9 Å². The van der Waals surface area contributed by atoms with Gasteiger partial charge in [-0.25, -0.2) is 14.9 Å². The molecule has 5 rings (SSSR count). The molecule has 1 aliphatic heterocycles. The van der Waals surface area contributed by atoms with E-state index in [0.29, 0.717) is 65.0 Å². The Morgan fingerprint density at radius 2 is 1.77 bits per heavy atom. The number of hydrogen-bond donors (Lipinski definition) is 5. The molecule has 1 fully saturated rings. The summed E-state index contributed by atoms with van der Waals surface area (Å²) in [6.45, 7) is 1.75. The number of aromatic nitrogens is 1. The number of halogens is 1. The molecule has 0 spiro atoms. The van der Waals surface area contributed by atoms with Crippen molar-refractivity contribution in [3.8, 4) is 40.1 Å². The van der Waals surface area contributed by atoms with Gasteiger partial charge < -0.3 is 20.6 Å². The number of carbonyl (C=O) groups is 1. The van der Waals surface area contributed by atoms with Crippen LogP contribution in [0.15, 0.2) is 66.9 Å². The van der Waals surface area contributed by atoms with Crippen LogP contribution in [0.3, 0.4) is 0 Å². The van der Waals surface area contributed by atoms with Crippen LogP contribution < -0.4 is 21.0 Å². The molecule has 0 bridgehead atoms. The highest BCUT2D eigenvalue weighted by atomic mass is 19.1. The van der Waals surface area contributed by atoms with Crippen LogP contribution >= 0.6 is 0 Å². The summed E-state index contributed by atoms with van der Waals surface area (Å²) in [4.78, 5) is 18.3. The zero-order valence-corrected chi connectivity index (χ0v) is 23.9. The minimum atomic E-state index is -0.694. The highest BCUT2D eigenvalue weighted by Crippen LogP contribution is 2.41. The molecule has 222 valence electrons. The molecule has 1 saturated heterocycles. The standard InChI is InChI=1S/C33H30FN7O3/c1-37-25-10-12-41(13-11-25)32-26(17-36)31(23-6-7-24(16-35)28(34)14-23)27(19-39-32)22-8-9-29(30(42)15-22)38-18-20-2-4-21(5-3-20)33(43)40-44/h2-9,14-15,19,25,37-38,42,44H,10-13,18H2,1H3,(H,40,43). The molecule has 1 aromatic heterocycles. The van der Waals surface area contributed by atoms with Gasteiger partial charge in [-0.1, -0.05) is 24.3 Å². The van der Waals surface area contributed by atoms with Crippen LogP contribution in [0, 0.1) is 28.5 Å². The average molecular weight is 592 g/mol. The van der Waals surface area contributed by atoms with E-state index in [1.807, 2.05) is 13.1 Å². The van der Waals surface area contributed by atoms with E-state index in [0.717, 1.165) is 18.4 Å². The van der Waals surface area contributed by atoms with Crippen LogP contribution in [0.1, 0.15) is 39.9 Å². The number of hydroxylamine groups is 1. The van der Waals surface area contributed by atoms with Crippen LogP contribution in [0.2, 0.25) is 0 Å². The van der Waals surface area contributed by atoms with Gasteiger partial charge in [-0.2, -0.15) is 10.5 Å². The zero-order valence-electron chi connectivity index (χ0n) is 23.9. The van der Waals surface area contributed by atoms with E-state index in [1.165, 1.54) is 12.1 Å². The lowest BCUT2D eigenvalue weighted by Crippen LogP contribution is -2.41. The molecule has 1 aliphatic rings. The van der Waals surface area contributed by atoms with E-state index in [2.05, 4.69) is 21.6 Å². The molecule has 4 aromatic rings. The number of amides is 1. The summed E-state index contributed by atoms with van der Waals surface area (Å²) in [6, 6.07) is 20.4. The predicted molar refractivity (Wildman–Crippen MR) is 163 cm³/mol. The monoisotopic (exact) mass is 591 g/mol. The first kappa shape index (κ1) is 30.0. The van der Waals surface area contributed by atoms with Crippen LogP contribution in [0.5, 0.6) is 5.75 Å². The van der Waals surface area contributed by atoms with E-state index in [4.69, 9.17) is 10.2 Å². The molecular weight excluding hydrogens is 561 g/mol. The largest absolute Gasteiger partial charge is 0.506 e. The summed E-state index contributed by atoms with van der Waals surface area (Å²) in [5.74, 6) is -0.843. The summed E-state index contributed by atoms with van der Waals surface area (Å²) in [6.07, 6.45) is 3.41. The molecule has 11 heteroatoms. The van der Waals surface area contributed by atoms with Gasteiger partial charge in [0.25, 0.3) is 5.91 Å². The molecule has 0 unspecified atom stereocenters. The van der Waals surface area contributed by atoms with Gasteiger partial charge in [-0.15, -0.1) is 0 Å². The van der Waals surface area contributed by atoms with E-state index in [1.54, 1.807) is 60.2 Å². The molecule has 5 N–H and O–H groups in total. The highest BCUT2D eigenvalue weighted by Gasteiger charge is 2.26. The quantitative estimate of drug-likeness (QED) is 0.109. The number of pyridine rings is 1. The number of nitrogens with one attached hydrogen (secondary N) is 3. The Morgan fingerprint density at radius 3 is 2.39 bits per heavy atom. The van der Waals surface area contributed by atoms with Gasteiger partial charge in [0, 0.05) is 48.6 Å². The number of phenols is 1. The SMILES string of the molecule is CNC1CCN(c2ncc(-c3ccc(NCc4ccc(C(=O)NO)cc4)c(O)c3)c(-c3ccc(C#N)c(F)c3)c2C#N)CC1. The number of piperidine rings is 1. The number of carbonyl (C=O) groups excluding carboxylic acids is 1. The second kappa shape index (κ2) is 13.2. The van der Waals surface area contributed by atoms with Crippen molar-refractivity contribution in [1.82, 2.24) is 15.8 Å². The lowest BCUT2D eigenvalue weighted by Gasteiger charge is -2.33. The fourth-order valence-electron chi connectivity index (χ4n) is 5.39. The van der Waals surface area contributed by atoms with Crippen LogP contribution in [0.25, 0.3) is 22.3 Å². The van der Waals surface area contributed by atoms with Crippen LogP contribution in [0.4, 0.5) is 15.9 Å². The normalized spacial score (nSPS) is 13.2. The Balaban J connectivity index is 1.50. The average Bonchev–Trinajstić information content (AvgIpc) is 3.06. The smallest absolute Gasteiger partial charge is 0.274 e. The van der Waals surface area contributed by atoms with Crippen molar-refractivity contribution in [3.05, 3.63) is 94.9 Å². The molecule has 10 nitrogen and oxygen atoms in total. The van der Waals surface area contributed by atoms with Crippen LogP contribution in [-0.4, -0.2) is 47.4 Å². The predicted octanol–water partition coefficient (Wildman–Crippen LogP) is 4.92. The maximum absolute atomic E-state index is 14.8. The number of nitrogens with zero attached hydrogens (tertiary/aromatic N) is 4.